The van der Waals surface area contributed by atoms with Crippen molar-refractivity contribution in [3.63, 3.8) is 0 Å². The topological polar surface area (TPSA) is 20.3 Å². The second kappa shape index (κ2) is 6.14. The van der Waals surface area contributed by atoms with Gasteiger partial charge in [0.25, 0.3) is 5.91 Å². The molecule has 0 unspecified atom stereocenters. The van der Waals surface area contributed by atoms with E-state index in [2.05, 4.69) is 0 Å². The zero-order chi connectivity index (χ0) is 14.0. The summed E-state index contributed by atoms with van der Waals surface area (Å²) < 4.78 is 0.903. The van der Waals surface area contributed by atoms with E-state index in [4.69, 9.17) is 34.8 Å². The highest BCUT2D eigenvalue weighted by Gasteiger charge is 2.18. The molecule has 0 aliphatic heterocycles. The van der Waals surface area contributed by atoms with Crippen LogP contribution in [0.1, 0.15) is 15.9 Å². The maximum Gasteiger partial charge on any atom is 0.256 e. The summed E-state index contributed by atoms with van der Waals surface area (Å²) in [6.45, 7) is 0.419. The lowest BCUT2D eigenvalue weighted by molar-refractivity contribution is 0.0786. The summed E-state index contributed by atoms with van der Waals surface area (Å²) in [6, 6.07) is 9.00. The van der Waals surface area contributed by atoms with Gasteiger partial charge in [-0.15, -0.1) is 11.3 Å². The van der Waals surface area contributed by atoms with Gasteiger partial charge in [0.1, 0.15) is 4.34 Å². The molecule has 19 heavy (non-hydrogen) atoms. The lowest BCUT2D eigenvalue weighted by atomic mass is 10.2. The van der Waals surface area contributed by atoms with E-state index in [9.17, 15) is 4.79 Å². The standard InChI is InChI=1S/C13H10Cl3NOS/c1-17(7-8-4-2-3-5-10(8)14)13(18)9-6-11(15)19-12(9)16/h2-6H,7H2,1H3. The van der Waals surface area contributed by atoms with Gasteiger partial charge in [-0.2, -0.15) is 0 Å². The summed E-state index contributed by atoms with van der Waals surface area (Å²) in [5.41, 5.74) is 1.31. The molecule has 0 radical (unpaired) electrons. The van der Waals surface area contributed by atoms with Crippen LogP contribution >= 0.6 is 46.1 Å². The number of rotatable bonds is 3. The van der Waals surface area contributed by atoms with Gasteiger partial charge in [-0.1, -0.05) is 53.0 Å². The van der Waals surface area contributed by atoms with Crippen molar-refractivity contribution in [2.24, 2.45) is 0 Å². The third kappa shape index (κ3) is 3.42. The van der Waals surface area contributed by atoms with Crippen LogP contribution < -0.4 is 0 Å². The van der Waals surface area contributed by atoms with E-state index in [1.807, 2.05) is 18.2 Å². The third-order valence-electron chi connectivity index (χ3n) is 2.60. The van der Waals surface area contributed by atoms with Crippen LogP contribution in [0.2, 0.25) is 13.7 Å². The Morgan fingerprint density at radius 2 is 1.95 bits per heavy atom. The Morgan fingerprint density at radius 1 is 1.26 bits per heavy atom. The molecule has 1 amide bonds. The van der Waals surface area contributed by atoms with E-state index in [1.54, 1.807) is 24.1 Å². The Morgan fingerprint density at radius 3 is 2.53 bits per heavy atom. The van der Waals surface area contributed by atoms with Gasteiger partial charge >= 0.3 is 0 Å². The quantitative estimate of drug-likeness (QED) is 0.775. The number of thiophene rings is 1. The fraction of sp³-hybridized carbons (Fsp3) is 0.154. The molecule has 0 saturated heterocycles. The van der Waals surface area contributed by atoms with Crippen molar-refractivity contribution in [3.05, 3.63) is 55.2 Å². The minimum atomic E-state index is -0.173. The number of hydrogen-bond donors (Lipinski definition) is 0. The molecule has 6 heteroatoms. The molecular formula is C13H10Cl3NOS. The molecular weight excluding hydrogens is 325 g/mol. The Balaban J connectivity index is 2.16. The molecule has 100 valence electrons. The number of carbonyl (C=O) groups is 1. The molecule has 2 nitrogen and oxygen atoms in total. The first-order chi connectivity index (χ1) is 8.99. The van der Waals surface area contributed by atoms with E-state index in [0.717, 1.165) is 5.56 Å². The second-order valence-corrected chi connectivity index (χ2v) is 6.68. The molecule has 0 N–H and O–H groups in total. The highest BCUT2D eigenvalue weighted by molar-refractivity contribution is 7.20. The Kier molecular flexibility index (Phi) is 4.74. The van der Waals surface area contributed by atoms with Crippen LogP contribution in [0.5, 0.6) is 0 Å². The van der Waals surface area contributed by atoms with Crippen molar-refractivity contribution in [1.82, 2.24) is 4.90 Å². The van der Waals surface area contributed by atoms with Crippen LogP contribution in [0.3, 0.4) is 0 Å². The third-order valence-corrected chi connectivity index (χ3v) is 4.46. The average molecular weight is 335 g/mol. The van der Waals surface area contributed by atoms with Crippen molar-refractivity contribution < 1.29 is 4.79 Å². The molecule has 2 aromatic rings. The van der Waals surface area contributed by atoms with Gasteiger partial charge in [-0.3, -0.25) is 4.79 Å². The maximum absolute atomic E-state index is 12.2. The summed E-state index contributed by atoms with van der Waals surface area (Å²) in [4.78, 5) is 13.8. The van der Waals surface area contributed by atoms with Crippen molar-refractivity contribution >= 4 is 52.0 Å². The molecule has 1 aromatic heterocycles. The minimum absolute atomic E-state index is 0.173. The highest BCUT2D eigenvalue weighted by Crippen LogP contribution is 2.32. The number of hydrogen-bond acceptors (Lipinski definition) is 2. The number of halogens is 3. The van der Waals surface area contributed by atoms with Crippen molar-refractivity contribution in [2.75, 3.05) is 7.05 Å². The Bertz CT molecular complexity index is 612. The van der Waals surface area contributed by atoms with E-state index in [0.29, 0.717) is 25.8 Å². The largest absolute Gasteiger partial charge is 0.337 e. The number of benzene rings is 1. The van der Waals surface area contributed by atoms with Crippen molar-refractivity contribution in [3.8, 4) is 0 Å². The maximum atomic E-state index is 12.2. The Labute approximate surface area is 130 Å². The lowest BCUT2D eigenvalue weighted by Crippen LogP contribution is -2.26. The van der Waals surface area contributed by atoms with Crippen LogP contribution in [-0.4, -0.2) is 17.9 Å². The average Bonchev–Trinajstić information content (AvgIpc) is 2.70. The van der Waals surface area contributed by atoms with E-state index in [1.165, 1.54) is 11.3 Å². The van der Waals surface area contributed by atoms with Crippen LogP contribution in [0, 0.1) is 0 Å². The monoisotopic (exact) mass is 333 g/mol. The zero-order valence-electron chi connectivity index (χ0n) is 9.99. The molecule has 1 aromatic carbocycles. The fourth-order valence-electron chi connectivity index (χ4n) is 1.65. The van der Waals surface area contributed by atoms with Gasteiger partial charge in [-0.05, 0) is 17.7 Å². The molecule has 0 atom stereocenters. The number of nitrogens with zero attached hydrogens (tertiary/aromatic N) is 1. The smallest absolute Gasteiger partial charge is 0.256 e. The van der Waals surface area contributed by atoms with Crippen LogP contribution in [0.15, 0.2) is 30.3 Å². The van der Waals surface area contributed by atoms with Crippen LogP contribution in [-0.2, 0) is 6.54 Å². The molecule has 0 fully saturated rings. The van der Waals surface area contributed by atoms with Gasteiger partial charge < -0.3 is 4.90 Å². The first-order valence-electron chi connectivity index (χ1n) is 5.42. The normalized spacial score (nSPS) is 10.5. The predicted octanol–water partition coefficient (Wildman–Crippen LogP) is 4.98. The molecule has 2 rings (SSSR count). The van der Waals surface area contributed by atoms with Gasteiger partial charge in [0.05, 0.1) is 9.90 Å². The van der Waals surface area contributed by atoms with Gasteiger partial charge in [0.15, 0.2) is 0 Å². The van der Waals surface area contributed by atoms with Crippen molar-refractivity contribution in [2.45, 2.75) is 6.54 Å². The minimum Gasteiger partial charge on any atom is -0.337 e. The van der Waals surface area contributed by atoms with E-state index in [-0.39, 0.29) is 5.91 Å². The first kappa shape index (κ1) is 14.7. The number of carbonyl (C=O) groups excluding carboxylic acids is 1. The van der Waals surface area contributed by atoms with Crippen molar-refractivity contribution in [1.29, 1.82) is 0 Å². The predicted molar refractivity (Wildman–Crippen MR) is 81.6 cm³/mol. The van der Waals surface area contributed by atoms with Gasteiger partial charge in [-0.25, -0.2) is 0 Å². The summed E-state index contributed by atoms with van der Waals surface area (Å²) in [7, 11) is 1.70. The summed E-state index contributed by atoms with van der Waals surface area (Å²) in [5, 5.41) is 0.636. The Hall–Kier alpha value is -0.740. The molecule has 1 heterocycles. The van der Waals surface area contributed by atoms with Gasteiger partial charge in [0, 0.05) is 18.6 Å². The summed E-state index contributed by atoms with van der Waals surface area (Å²) >= 11 is 19.1. The second-order valence-electron chi connectivity index (χ2n) is 3.99. The van der Waals surface area contributed by atoms with Crippen LogP contribution in [0.4, 0.5) is 0 Å². The fourth-order valence-corrected chi connectivity index (χ4v) is 3.29. The van der Waals surface area contributed by atoms with E-state index >= 15 is 0 Å². The SMILES string of the molecule is CN(Cc1ccccc1Cl)C(=O)c1cc(Cl)sc1Cl. The zero-order valence-corrected chi connectivity index (χ0v) is 13.1. The molecule has 0 spiro atoms. The van der Waals surface area contributed by atoms with E-state index < -0.39 is 0 Å². The molecule has 0 aliphatic carbocycles. The molecule has 0 saturated carbocycles. The van der Waals surface area contributed by atoms with Crippen LogP contribution in [0.25, 0.3) is 0 Å². The lowest BCUT2D eigenvalue weighted by Gasteiger charge is -2.17. The summed E-state index contributed by atoms with van der Waals surface area (Å²) in [5.74, 6) is -0.173. The molecule has 0 bridgehead atoms. The molecule has 0 aliphatic rings. The first-order valence-corrected chi connectivity index (χ1v) is 7.38. The van der Waals surface area contributed by atoms with Gasteiger partial charge in [0.2, 0.25) is 0 Å². The number of amides is 1. The summed E-state index contributed by atoms with van der Waals surface area (Å²) in [6.07, 6.45) is 0. The highest BCUT2D eigenvalue weighted by atomic mass is 35.5.